The van der Waals surface area contributed by atoms with Gasteiger partial charge in [-0.25, -0.2) is 4.79 Å². The molecule has 2 N–H and O–H groups in total. The number of hydrogen-bond donors (Lipinski definition) is 2. The lowest BCUT2D eigenvalue weighted by Crippen LogP contribution is -2.33. The molecule has 1 atom stereocenters. The van der Waals surface area contributed by atoms with Gasteiger partial charge in [0, 0.05) is 11.4 Å². The fourth-order valence-corrected chi connectivity index (χ4v) is 2.17. The summed E-state index contributed by atoms with van der Waals surface area (Å²) in [6.07, 6.45) is 0.507. The first-order valence-electron chi connectivity index (χ1n) is 6.07. The molecule has 18 heavy (non-hydrogen) atoms. The van der Waals surface area contributed by atoms with E-state index >= 15 is 0 Å². The maximum atomic E-state index is 11.3. The molecule has 5 heteroatoms. The van der Waals surface area contributed by atoms with Crippen LogP contribution in [0.25, 0.3) is 0 Å². The average molecular weight is 271 g/mol. The molecule has 1 aromatic rings. The molecule has 0 spiro atoms. The van der Waals surface area contributed by atoms with E-state index in [2.05, 4.69) is 5.32 Å². The highest BCUT2D eigenvalue weighted by molar-refractivity contribution is 7.10. The van der Waals surface area contributed by atoms with Gasteiger partial charge in [-0.3, -0.25) is 0 Å². The van der Waals surface area contributed by atoms with Crippen molar-refractivity contribution in [3.8, 4) is 0 Å². The van der Waals surface area contributed by atoms with Crippen LogP contribution in [0.5, 0.6) is 0 Å². The Balaban J connectivity index is 2.14. The van der Waals surface area contributed by atoms with Gasteiger partial charge in [-0.2, -0.15) is 0 Å². The number of amides is 1. The van der Waals surface area contributed by atoms with Gasteiger partial charge in [0.2, 0.25) is 0 Å². The summed E-state index contributed by atoms with van der Waals surface area (Å²) in [6.45, 7) is 5.99. The van der Waals surface area contributed by atoms with Crippen molar-refractivity contribution in [2.24, 2.45) is 0 Å². The predicted molar refractivity (Wildman–Crippen MR) is 72.7 cm³/mol. The highest BCUT2D eigenvalue weighted by Gasteiger charge is 2.15. The molecule has 0 radical (unpaired) electrons. The largest absolute Gasteiger partial charge is 0.444 e. The van der Waals surface area contributed by atoms with Crippen LogP contribution in [0.15, 0.2) is 17.5 Å². The fourth-order valence-electron chi connectivity index (χ4n) is 1.42. The Kier molecular flexibility index (Phi) is 5.62. The molecule has 0 saturated heterocycles. The summed E-state index contributed by atoms with van der Waals surface area (Å²) in [5, 5.41) is 14.4. The van der Waals surface area contributed by atoms with Crippen LogP contribution in [-0.2, 0) is 4.74 Å². The molecule has 1 rings (SSSR count). The van der Waals surface area contributed by atoms with Crippen LogP contribution in [0.1, 0.15) is 44.6 Å². The molecule has 0 fully saturated rings. The van der Waals surface area contributed by atoms with Gasteiger partial charge in [0.05, 0.1) is 6.10 Å². The van der Waals surface area contributed by atoms with Crippen LogP contribution < -0.4 is 5.32 Å². The number of alkyl carbamates (subject to hydrolysis) is 1. The smallest absolute Gasteiger partial charge is 0.407 e. The topological polar surface area (TPSA) is 58.6 Å². The highest BCUT2D eigenvalue weighted by Crippen LogP contribution is 2.22. The summed E-state index contributed by atoms with van der Waals surface area (Å²) >= 11 is 1.54. The van der Waals surface area contributed by atoms with Gasteiger partial charge in [0.25, 0.3) is 0 Å². The number of carbonyl (C=O) groups is 1. The third kappa shape index (κ3) is 6.02. The molecular formula is C13H21NO3S. The van der Waals surface area contributed by atoms with Crippen molar-refractivity contribution in [3.05, 3.63) is 22.4 Å². The lowest BCUT2D eigenvalue weighted by Gasteiger charge is -2.19. The van der Waals surface area contributed by atoms with E-state index in [-0.39, 0.29) is 0 Å². The van der Waals surface area contributed by atoms with Gasteiger partial charge in [-0.1, -0.05) is 6.07 Å². The third-order valence-corrected chi connectivity index (χ3v) is 3.17. The Morgan fingerprint density at radius 2 is 2.28 bits per heavy atom. The minimum atomic E-state index is -0.472. The quantitative estimate of drug-likeness (QED) is 0.809. The molecule has 0 aliphatic rings. The Bertz CT molecular complexity index is 357. The lowest BCUT2D eigenvalue weighted by atomic mass is 10.1. The average Bonchev–Trinajstić information content (AvgIpc) is 2.74. The zero-order chi connectivity index (χ0) is 13.6. The van der Waals surface area contributed by atoms with E-state index in [9.17, 15) is 9.90 Å². The Labute approximate surface area is 112 Å². The summed E-state index contributed by atoms with van der Waals surface area (Å²) in [6, 6.07) is 3.83. The van der Waals surface area contributed by atoms with Gasteiger partial charge < -0.3 is 15.2 Å². The number of thiophene rings is 1. The second-order valence-corrected chi connectivity index (χ2v) is 6.08. The standard InChI is InChI=1S/C13H21NO3S/c1-13(2,3)17-12(16)14-8-4-6-10(15)11-7-5-9-18-11/h5,7,9-10,15H,4,6,8H2,1-3H3,(H,14,16)/t10-/m1/s1. The molecule has 102 valence electrons. The van der Waals surface area contributed by atoms with E-state index in [1.807, 2.05) is 38.3 Å². The first kappa shape index (κ1) is 15.0. The first-order valence-corrected chi connectivity index (χ1v) is 6.95. The molecular weight excluding hydrogens is 250 g/mol. The SMILES string of the molecule is CC(C)(C)OC(=O)NCCC[C@@H](O)c1cccs1. The van der Waals surface area contributed by atoms with E-state index in [1.54, 1.807) is 11.3 Å². The zero-order valence-electron chi connectivity index (χ0n) is 11.1. The van der Waals surface area contributed by atoms with Crippen molar-refractivity contribution in [1.29, 1.82) is 0 Å². The van der Waals surface area contributed by atoms with E-state index in [1.165, 1.54) is 0 Å². The number of rotatable bonds is 5. The summed E-state index contributed by atoms with van der Waals surface area (Å²) in [5.41, 5.74) is -0.472. The maximum Gasteiger partial charge on any atom is 0.407 e. The van der Waals surface area contributed by atoms with Gasteiger partial charge >= 0.3 is 6.09 Å². The van der Waals surface area contributed by atoms with E-state index in [4.69, 9.17) is 4.74 Å². The predicted octanol–water partition coefficient (Wildman–Crippen LogP) is 3.09. The van der Waals surface area contributed by atoms with Crippen molar-refractivity contribution in [2.45, 2.75) is 45.3 Å². The van der Waals surface area contributed by atoms with E-state index in [0.29, 0.717) is 13.0 Å². The summed E-state index contributed by atoms with van der Waals surface area (Å²) in [7, 11) is 0. The van der Waals surface area contributed by atoms with Crippen molar-refractivity contribution in [1.82, 2.24) is 5.32 Å². The van der Waals surface area contributed by atoms with Crippen molar-refractivity contribution >= 4 is 17.4 Å². The monoisotopic (exact) mass is 271 g/mol. The zero-order valence-corrected chi connectivity index (χ0v) is 11.9. The van der Waals surface area contributed by atoms with Crippen molar-refractivity contribution < 1.29 is 14.6 Å². The Morgan fingerprint density at radius 3 is 2.83 bits per heavy atom. The van der Waals surface area contributed by atoms with Crippen molar-refractivity contribution in [3.63, 3.8) is 0 Å². The highest BCUT2D eigenvalue weighted by atomic mass is 32.1. The molecule has 1 aromatic heterocycles. The van der Waals surface area contributed by atoms with Crippen molar-refractivity contribution in [2.75, 3.05) is 6.54 Å². The van der Waals surface area contributed by atoms with E-state index in [0.717, 1.165) is 11.3 Å². The molecule has 0 aromatic carbocycles. The normalized spacial score (nSPS) is 13.1. The molecule has 1 amide bonds. The first-order chi connectivity index (χ1) is 8.38. The number of aliphatic hydroxyl groups excluding tert-OH is 1. The van der Waals surface area contributed by atoms with Crippen LogP contribution in [0.2, 0.25) is 0 Å². The van der Waals surface area contributed by atoms with Gasteiger partial charge in [0.15, 0.2) is 0 Å². The third-order valence-electron chi connectivity index (χ3n) is 2.19. The maximum absolute atomic E-state index is 11.3. The van der Waals surface area contributed by atoms with Gasteiger partial charge in [-0.05, 0) is 45.1 Å². The van der Waals surface area contributed by atoms with Gasteiger partial charge in [0.1, 0.15) is 5.60 Å². The lowest BCUT2D eigenvalue weighted by molar-refractivity contribution is 0.0523. The summed E-state index contributed by atoms with van der Waals surface area (Å²) in [4.78, 5) is 12.3. The Morgan fingerprint density at radius 1 is 1.56 bits per heavy atom. The molecule has 4 nitrogen and oxygen atoms in total. The number of carbonyl (C=O) groups excluding carboxylic acids is 1. The Hall–Kier alpha value is -1.07. The molecule has 0 aliphatic heterocycles. The minimum Gasteiger partial charge on any atom is -0.444 e. The second-order valence-electron chi connectivity index (χ2n) is 5.10. The van der Waals surface area contributed by atoms with Gasteiger partial charge in [-0.15, -0.1) is 11.3 Å². The number of hydrogen-bond acceptors (Lipinski definition) is 4. The molecule has 1 heterocycles. The van der Waals surface area contributed by atoms with Crippen LogP contribution in [0.3, 0.4) is 0 Å². The molecule has 0 bridgehead atoms. The molecule has 0 saturated carbocycles. The molecule has 0 aliphatic carbocycles. The van der Waals surface area contributed by atoms with Crippen LogP contribution >= 0.6 is 11.3 Å². The number of nitrogens with one attached hydrogen (secondary N) is 1. The number of ether oxygens (including phenoxy) is 1. The summed E-state index contributed by atoms with van der Waals surface area (Å²) in [5.74, 6) is 0. The number of aliphatic hydroxyl groups is 1. The second kappa shape index (κ2) is 6.75. The van der Waals surface area contributed by atoms with E-state index < -0.39 is 17.8 Å². The van der Waals surface area contributed by atoms with Crippen LogP contribution in [0, 0.1) is 0 Å². The van der Waals surface area contributed by atoms with Crippen LogP contribution in [0.4, 0.5) is 4.79 Å². The fraction of sp³-hybridized carbons (Fsp3) is 0.615. The molecule has 0 unspecified atom stereocenters. The van der Waals surface area contributed by atoms with Crippen LogP contribution in [-0.4, -0.2) is 23.3 Å². The minimum absolute atomic E-state index is 0.409. The summed E-state index contributed by atoms with van der Waals surface area (Å²) < 4.78 is 5.11.